The number of rotatable bonds is 4. The van der Waals surface area contributed by atoms with Gasteiger partial charge in [-0.25, -0.2) is 9.97 Å². The Balaban J connectivity index is 1.33. The molecule has 6 nitrogen and oxygen atoms in total. The zero-order valence-corrected chi connectivity index (χ0v) is 15.0. The summed E-state index contributed by atoms with van der Waals surface area (Å²) in [5, 5.41) is 0. The van der Waals surface area contributed by atoms with Gasteiger partial charge in [0.2, 0.25) is 0 Å². The molecule has 2 aliphatic heterocycles. The Labute approximate surface area is 148 Å². The van der Waals surface area contributed by atoms with E-state index in [-0.39, 0.29) is 5.56 Å². The number of piperidine rings is 1. The van der Waals surface area contributed by atoms with Crippen LogP contribution in [0, 0.1) is 12.8 Å². The van der Waals surface area contributed by atoms with Gasteiger partial charge >= 0.3 is 0 Å². The maximum absolute atomic E-state index is 12.2. The lowest BCUT2D eigenvalue weighted by atomic mass is 9.96. The number of hydrogen-bond donors (Lipinski definition) is 0. The lowest BCUT2D eigenvalue weighted by Crippen LogP contribution is -2.37. The van der Waals surface area contributed by atoms with Crippen LogP contribution in [0.1, 0.15) is 42.8 Å². The van der Waals surface area contributed by atoms with Crippen molar-refractivity contribution in [2.45, 2.75) is 58.7 Å². The third-order valence-corrected chi connectivity index (χ3v) is 5.69. The Kier molecular flexibility index (Phi) is 4.70. The van der Waals surface area contributed by atoms with Crippen LogP contribution in [0.25, 0.3) is 0 Å². The highest BCUT2D eigenvalue weighted by Crippen LogP contribution is 2.22. The minimum absolute atomic E-state index is 0.0986. The van der Waals surface area contributed by atoms with Gasteiger partial charge in [-0.2, -0.15) is 0 Å². The molecule has 0 atom stereocenters. The van der Waals surface area contributed by atoms with E-state index in [9.17, 15) is 4.79 Å². The summed E-state index contributed by atoms with van der Waals surface area (Å²) in [6.07, 6.45) is 11.4. The molecular weight excluding hydrogens is 314 g/mol. The Bertz CT molecular complexity index is 785. The molecular formula is C19H27N5O. The van der Waals surface area contributed by atoms with Crippen molar-refractivity contribution in [3.63, 3.8) is 0 Å². The number of aromatic nitrogens is 4. The summed E-state index contributed by atoms with van der Waals surface area (Å²) in [5.74, 6) is 1.79. The van der Waals surface area contributed by atoms with E-state index in [1.807, 2.05) is 6.92 Å². The van der Waals surface area contributed by atoms with E-state index in [4.69, 9.17) is 0 Å². The number of imidazole rings is 1. The van der Waals surface area contributed by atoms with Gasteiger partial charge in [0.1, 0.15) is 5.82 Å². The summed E-state index contributed by atoms with van der Waals surface area (Å²) in [6.45, 7) is 6.88. The zero-order chi connectivity index (χ0) is 17.2. The Hall–Kier alpha value is -1.95. The lowest BCUT2D eigenvalue weighted by Gasteiger charge is -2.32. The maximum atomic E-state index is 12.2. The van der Waals surface area contributed by atoms with Crippen molar-refractivity contribution in [1.82, 2.24) is 24.0 Å². The first-order valence-corrected chi connectivity index (χ1v) is 9.47. The number of fused-ring (bicyclic) bond motifs is 1. The van der Waals surface area contributed by atoms with Gasteiger partial charge in [0.05, 0.1) is 12.9 Å². The molecule has 1 fully saturated rings. The molecule has 2 aromatic rings. The van der Waals surface area contributed by atoms with Gasteiger partial charge in [-0.3, -0.25) is 14.3 Å². The van der Waals surface area contributed by atoms with Crippen LogP contribution in [0.4, 0.5) is 0 Å². The van der Waals surface area contributed by atoms with Crippen molar-refractivity contribution < 1.29 is 0 Å². The minimum Gasteiger partial charge on any atom is -0.331 e. The summed E-state index contributed by atoms with van der Waals surface area (Å²) < 4.78 is 4.20. The second-order valence-corrected chi connectivity index (χ2v) is 7.53. The van der Waals surface area contributed by atoms with Crippen LogP contribution < -0.4 is 5.56 Å². The normalized spacial score (nSPS) is 19.1. The number of aryl methyl sites for hydroxylation is 2. The molecule has 2 aliphatic rings. The zero-order valence-electron chi connectivity index (χ0n) is 15.0. The first-order chi connectivity index (χ1) is 12.2. The molecule has 0 aromatic carbocycles. The van der Waals surface area contributed by atoms with E-state index in [1.54, 1.807) is 17.1 Å². The molecule has 0 amide bonds. The molecule has 25 heavy (non-hydrogen) atoms. The van der Waals surface area contributed by atoms with E-state index >= 15 is 0 Å². The summed E-state index contributed by atoms with van der Waals surface area (Å²) in [4.78, 5) is 23.5. The third-order valence-electron chi connectivity index (χ3n) is 5.69. The largest absolute Gasteiger partial charge is 0.331 e. The molecule has 0 N–H and O–H groups in total. The molecule has 6 heteroatoms. The van der Waals surface area contributed by atoms with Gasteiger partial charge in [0.25, 0.3) is 5.56 Å². The number of nitrogens with zero attached hydrogens (tertiary/aromatic N) is 5. The summed E-state index contributed by atoms with van der Waals surface area (Å²) in [7, 11) is 0. The van der Waals surface area contributed by atoms with Crippen molar-refractivity contribution >= 4 is 0 Å². The van der Waals surface area contributed by atoms with Crippen LogP contribution in [0.2, 0.25) is 0 Å². The smallest absolute Gasteiger partial charge is 0.256 e. The topological polar surface area (TPSA) is 56.0 Å². The van der Waals surface area contributed by atoms with E-state index in [1.165, 1.54) is 30.8 Å². The van der Waals surface area contributed by atoms with Gasteiger partial charge in [-0.05, 0) is 58.0 Å². The van der Waals surface area contributed by atoms with Crippen molar-refractivity contribution in [1.29, 1.82) is 0 Å². The maximum Gasteiger partial charge on any atom is 0.256 e. The van der Waals surface area contributed by atoms with E-state index < -0.39 is 0 Å². The fourth-order valence-corrected chi connectivity index (χ4v) is 4.12. The first kappa shape index (κ1) is 16.5. The average Bonchev–Trinajstić information content (AvgIpc) is 3.04. The van der Waals surface area contributed by atoms with Gasteiger partial charge in [-0.15, -0.1) is 0 Å². The predicted octanol–water partition coefficient (Wildman–Crippen LogP) is 2.00. The Morgan fingerprint density at radius 3 is 2.84 bits per heavy atom. The number of likely N-dealkylation sites (tertiary alicyclic amines) is 1. The lowest BCUT2D eigenvalue weighted by molar-refractivity contribution is 0.161. The van der Waals surface area contributed by atoms with Crippen molar-refractivity contribution in [3.8, 4) is 0 Å². The molecule has 4 rings (SSSR count). The highest BCUT2D eigenvalue weighted by Gasteiger charge is 2.22. The highest BCUT2D eigenvalue weighted by molar-refractivity contribution is 5.08. The van der Waals surface area contributed by atoms with Crippen LogP contribution in [0.15, 0.2) is 23.5 Å². The molecule has 0 radical (unpaired) electrons. The molecule has 0 bridgehead atoms. The third kappa shape index (κ3) is 3.54. The van der Waals surface area contributed by atoms with Crippen molar-refractivity contribution in [2.24, 2.45) is 5.92 Å². The van der Waals surface area contributed by atoms with E-state index in [2.05, 4.69) is 25.6 Å². The van der Waals surface area contributed by atoms with Crippen LogP contribution in [0.3, 0.4) is 0 Å². The van der Waals surface area contributed by atoms with E-state index in [0.29, 0.717) is 5.92 Å². The molecule has 0 aliphatic carbocycles. The van der Waals surface area contributed by atoms with Crippen molar-refractivity contribution in [3.05, 3.63) is 46.2 Å². The standard InChI is InChI=1S/C19H27N5O/c1-15-10-20-14-23(19(15)25)12-16-5-8-22(9-6-16)13-18-21-11-17-4-2-3-7-24(17)18/h10-11,14,16H,2-9,12-13H2,1H3. The van der Waals surface area contributed by atoms with Gasteiger partial charge in [-0.1, -0.05) is 0 Å². The molecule has 2 aromatic heterocycles. The second kappa shape index (κ2) is 7.12. The van der Waals surface area contributed by atoms with Crippen LogP contribution in [-0.4, -0.2) is 37.1 Å². The molecule has 0 unspecified atom stereocenters. The van der Waals surface area contributed by atoms with Gasteiger partial charge in [0, 0.05) is 36.7 Å². The SMILES string of the molecule is Cc1cncn(CC2CCN(Cc3ncc4n3CCCC4)CC2)c1=O. The minimum atomic E-state index is 0.0986. The van der Waals surface area contributed by atoms with Crippen molar-refractivity contribution in [2.75, 3.05) is 13.1 Å². The summed E-state index contributed by atoms with van der Waals surface area (Å²) >= 11 is 0. The summed E-state index contributed by atoms with van der Waals surface area (Å²) in [5.41, 5.74) is 2.23. The van der Waals surface area contributed by atoms with Gasteiger partial charge < -0.3 is 4.57 Å². The fraction of sp³-hybridized carbons (Fsp3) is 0.632. The molecule has 134 valence electrons. The van der Waals surface area contributed by atoms with Crippen LogP contribution >= 0.6 is 0 Å². The highest BCUT2D eigenvalue weighted by atomic mass is 16.1. The predicted molar refractivity (Wildman–Crippen MR) is 96.4 cm³/mol. The number of hydrogen-bond acceptors (Lipinski definition) is 4. The molecule has 1 saturated heterocycles. The molecule has 0 saturated carbocycles. The first-order valence-electron chi connectivity index (χ1n) is 9.47. The van der Waals surface area contributed by atoms with Crippen LogP contribution in [-0.2, 0) is 26.1 Å². The Morgan fingerprint density at radius 2 is 2.00 bits per heavy atom. The molecule has 4 heterocycles. The fourth-order valence-electron chi connectivity index (χ4n) is 4.12. The van der Waals surface area contributed by atoms with Crippen LogP contribution in [0.5, 0.6) is 0 Å². The summed E-state index contributed by atoms with van der Waals surface area (Å²) in [6, 6.07) is 0. The Morgan fingerprint density at radius 1 is 1.16 bits per heavy atom. The second-order valence-electron chi connectivity index (χ2n) is 7.53. The van der Waals surface area contributed by atoms with Gasteiger partial charge in [0.15, 0.2) is 0 Å². The van der Waals surface area contributed by atoms with E-state index in [0.717, 1.165) is 51.1 Å². The average molecular weight is 341 g/mol. The quantitative estimate of drug-likeness (QED) is 0.853. The molecule has 0 spiro atoms. The monoisotopic (exact) mass is 341 g/mol.